The summed E-state index contributed by atoms with van der Waals surface area (Å²) < 4.78 is 18.3. The molecule has 0 rings (SSSR count). The van der Waals surface area contributed by atoms with Crippen LogP contribution < -0.4 is 5.73 Å². The molecule has 2 unspecified atom stereocenters. The Hall–Kier alpha value is 0.360. The van der Waals surface area contributed by atoms with Crippen molar-refractivity contribution in [3.05, 3.63) is 0 Å². The lowest BCUT2D eigenvalue weighted by Gasteiger charge is -2.00. The second kappa shape index (κ2) is 4.26. The van der Waals surface area contributed by atoms with Gasteiger partial charge in [0.25, 0.3) is 0 Å². The molecule has 0 aromatic heterocycles. The van der Waals surface area contributed by atoms with Crippen molar-refractivity contribution in [2.24, 2.45) is 5.73 Å². The van der Waals surface area contributed by atoms with Gasteiger partial charge in [-0.3, -0.25) is 0 Å². The first-order valence-electron chi connectivity index (χ1n) is 2.09. The lowest BCUT2D eigenvalue weighted by Crippen LogP contribution is -2.25. The quantitative estimate of drug-likeness (QED) is 0.452. The number of halogens is 1. The minimum Gasteiger partial charge on any atom is -0.315 e. The average molecular weight is 158 g/mol. The van der Waals surface area contributed by atoms with Crippen molar-refractivity contribution in [2.75, 3.05) is 5.88 Å². The molecule has 8 heavy (non-hydrogen) atoms. The highest BCUT2D eigenvalue weighted by Gasteiger charge is 2.05. The fourth-order valence-electron chi connectivity index (χ4n) is 0.208. The van der Waals surface area contributed by atoms with Crippen molar-refractivity contribution in [2.45, 2.75) is 11.8 Å². The molecule has 0 saturated heterocycles. The van der Waals surface area contributed by atoms with Gasteiger partial charge in [-0.2, -0.15) is 0 Å². The van der Waals surface area contributed by atoms with E-state index in [1.807, 2.05) is 0 Å². The van der Waals surface area contributed by atoms with Crippen LogP contribution in [0.1, 0.15) is 6.42 Å². The standard InChI is InChI=1S/C3H8ClNO2S/c4-2-1-3(5)8(6)7/h3H,1-2,5H2,(H,6,7). The van der Waals surface area contributed by atoms with Gasteiger partial charge in [0.2, 0.25) is 0 Å². The summed E-state index contributed by atoms with van der Waals surface area (Å²) in [6.07, 6.45) is 0.380. The highest BCUT2D eigenvalue weighted by atomic mass is 35.5. The van der Waals surface area contributed by atoms with E-state index in [2.05, 4.69) is 0 Å². The third-order valence-corrected chi connectivity index (χ3v) is 1.62. The second-order valence-electron chi connectivity index (χ2n) is 1.29. The summed E-state index contributed by atoms with van der Waals surface area (Å²) in [6.45, 7) is 0. The second-order valence-corrected chi connectivity index (χ2v) is 2.83. The first-order chi connectivity index (χ1) is 3.68. The Balaban J connectivity index is 3.32. The minimum absolute atomic E-state index is 0.327. The van der Waals surface area contributed by atoms with E-state index in [1.165, 1.54) is 0 Å². The van der Waals surface area contributed by atoms with Crippen LogP contribution in [-0.4, -0.2) is 20.0 Å². The van der Waals surface area contributed by atoms with E-state index in [4.69, 9.17) is 21.9 Å². The van der Waals surface area contributed by atoms with Gasteiger partial charge in [0.05, 0.1) is 0 Å². The third-order valence-electron chi connectivity index (χ3n) is 0.653. The SMILES string of the molecule is NC(CCCl)S(=O)O. The van der Waals surface area contributed by atoms with Gasteiger partial charge < -0.3 is 10.3 Å². The normalized spacial score (nSPS) is 17.9. The predicted octanol–water partition coefficient (Wildman–Crippen LogP) is 0.122. The Morgan fingerprint density at radius 1 is 1.88 bits per heavy atom. The summed E-state index contributed by atoms with van der Waals surface area (Å²) in [5, 5.41) is -0.688. The molecule has 0 amide bonds. The van der Waals surface area contributed by atoms with E-state index in [9.17, 15) is 4.21 Å². The van der Waals surface area contributed by atoms with Gasteiger partial charge in [-0.15, -0.1) is 11.6 Å². The highest BCUT2D eigenvalue weighted by molar-refractivity contribution is 7.79. The molecule has 3 nitrogen and oxygen atoms in total. The number of hydrogen-bond donors (Lipinski definition) is 2. The lowest BCUT2D eigenvalue weighted by molar-refractivity contribution is 0.546. The Bertz CT molecular complexity index is 89.4. The Kier molecular flexibility index (Phi) is 4.45. The maximum absolute atomic E-state index is 10.0. The molecule has 0 aliphatic heterocycles. The Morgan fingerprint density at radius 2 is 2.38 bits per heavy atom. The number of rotatable bonds is 3. The molecule has 0 aliphatic carbocycles. The zero-order chi connectivity index (χ0) is 6.57. The zero-order valence-corrected chi connectivity index (χ0v) is 5.78. The molecule has 0 radical (unpaired) electrons. The fraction of sp³-hybridized carbons (Fsp3) is 1.00. The smallest absolute Gasteiger partial charge is 0.170 e. The summed E-state index contributed by atoms with van der Waals surface area (Å²) in [4.78, 5) is 0. The van der Waals surface area contributed by atoms with Crippen molar-refractivity contribution in [1.29, 1.82) is 0 Å². The molecule has 2 atom stereocenters. The van der Waals surface area contributed by atoms with E-state index >= 15 is 0 Å². The maximum Gasteiger partial charge on any atom is 0.170 e. The molecule has 0 aliphatic rings. The van der Waals surface area contributed by atoms with E-state index < -0.39 is 16.5 Å². The topological polar surface area (TPSA) is 63.3 Å². The van der Waals surface area contributed by atoms with Gasteiger partial charge in [0, 0.05) is 5.88 Å². The number of hydrogen-bond acceptors (Lipinski definition) is 2. The van der Waals surface area contributed by atoms with Crippen molar-refractivity contribution >= 4 is 22.7 Å². The molecule has 0 fully saturated rings. The summed E-state index contributed by atoms with van der Waals surface area (Å²) in [5.74, 6) is 0.327. The van der Waals surface area contributed by atoms with Crippen molar-refractivity contribution < 1.29 is 8.76 Å². The highest BCUT2D eigenvalue weighted by Crippen LogP contribution is 1.92. The molecular weight excluding hydrogens is 150 g/mol. The molecule has 0 aromatic carbocycles. The maximum atomic E-state index is 10.0. The molecule has 0 saturated carbocycles. The van der Waals surface area contributed by atoms with Gasteiger partial charge in [0.1, 0.15) is 5.37 Å². The predicted molar refractivity (Wildman–Crippen MR) is 34.1 cm³/mol. The zero-order valence-electron chi connectivity index (χ0n) is 4.21. The molecule has 0 spiro atoms. The largest absolute Gasteiger partial charge is 0.315 e. The third kappa shape index (κ3) is 3.37. The molecule has 0 bridgehead atoms. The molecular formula is C3H8ClNO2S. The first kappa shape index (κ1) is 8.36. The molecule has 0 heterocycles. The Morgan fingerprint density at radius 3 is 2.50 bits per heavy atom. The van der Waals surface area contributed by atoms with Crippen LogP contribution in [0.2, 0.25) is 0 Å². The van der Waals surface area contributed by atoms with Crippen LogP contribution >= 0.6 is 11.6 Å². The average Bonchev–Trinajstić information content (AvgIpc) is 1.67. The van der Waals surface area contributed by atoms with Crippen LogP contribution in [0.3, 0.4) is 0 Å². The monoisotopic (exact) mass is 157 g/mol. The van der Waals surface area contributed by atoms with E-state index in [1.54, 1.807) is 0 Å². The lowest BCUT2D eigenvalue weighted by atomic mass is 10.5. The molecule has 50 valence electrons. The first-order valence-corrected chi connectivity index (χ1v) is 3.80. The van der Waals surface area contributed by atoms with Crippen molar-refractivity contribution in [3.63, 3.8) is 0 Å². The van der Waals surface area contributed by atoms with Gasteiger partial charge in [-0.05, 0) is 6.42 Å². The van der Waals surface area contributed by atoms with Crippen LogP contribution in [0.5, 0.6) is 0 Å². The summed E-state index contributed by atoms with van der Waals surface area (Å²) in [5.41, 5.74) is 5.09. The van der Waals surface area contributed by atoms with Gasteiger partial charge in [0.15, 0.2) is 11.1 Å². The van der Waals surface area contributed by atoms with E-state index in [0.717, 1.165) is 0 Å². The van der Waals surface area contributed by atoms with Crippen molar-refractivity contribution in [1.82, 2.24) is 0 Å². The number of nitrogens with two attached hydrogens (primary N) is 1. The van der Waals surface area contributed by atoms with Crippen molar-refractivity contribution in [3.8, 4) is 0 Å². The Labute approximate surface area is 55.5 Å². The van der Waals surface area contributed by atoms with Crippen LogP contribution in [-0.2, 0) is 11.1 Å². The van der Waals surface area contributed by atoms with Gasteiger partial charge in [-0.1, -0.05) is 0 Å². The van der Waals surface area contributed by atoms with E-state index in [-0.39, 0.29) is 0 Å². The van der Waals surface area contributed by atoms with E-state index in [0.29, 0.717) is 12.3 Å². The van der Waals surface area contributed by atoms with Gasteiger partial charge in [-0.25, -0.2) is 4.21 Å². The summed E-state index contributed by atoms with van der Waals surface area (Å²) in [7, 11) is 0. The van der Waals surface area contributed by atoms with Crippen LogP contribution in [0, 0.1) is 0 Å². The number of alkyl halides is 1. The molecule has 0 aromatic rings. The van der Waals surface area contributed by atoms with Crippen LogP contribution in [0.15, 0.2) is 0 Å². The molecule has 3 N–H and O–H groups in total. The van der Waals surface area contributed by atoms with Crippen LogP contribution in [0.4, 0.5) is 0 Å². The molecule has 5 heteroatoms. The summed E-state index contributed by atoms with van der Waals surface area (Å²) >= 11 is 3.30. The summed E-state index contributed by atoms with van der Waals surface area (Å²) in [6, 6.07) is 0. The minimum atomic E-state index is -1.92. The fourth-order valence-corrected chi connectivity index (χ4v) is 0.892. The van der Waals surface area contributed by atoms with Gasteiger partial charge >= 0.3 is 0 Å². The van der Waals surface area contributed by atoms with Crippen LogP contribution in [0.25, 0.3) is 0 Å².